The van der Waals surface area contributed by atoms with Crippen LogP contribution in [0.1, 0.15) is 36.6 Å². The first-order valence-electron chi connectivity index (χ1n) is 9.89. The number of carbonyl (C=O) groups is 1. The molecule has 0 saturated carbocycles. The lowest BCUT2D eigenvalue weighted by Gasteiger charge is -2.17. The van der Waals surface area contributed by atoms with Crippen LogP contribution in [0.5, 0.6) is 11.5 Å². The van der Waals surface area contributed by atoms with E-state index in [1.165, 1.54) is 0 Å². The van der Waals surface area contributed by atoms with Crippen LogP contribution in [-0.2, 0) is 11.2 Å². The Kier molecular flexibility index (Phi) is 6.70. The molecule has 3 rings (SSSR count). The van der Waals surface area contributed by atoms with E-state index in [2.05, 4.69) is 11.1 Å². The van der Waals surface area contributed by atoms with Crippen LogP contribution in [0.4, 0.5) is 0 Å². The number of hydrogen-bond donors (Lipinski definition) is 1. The summed E-state index contributed by atoms with van der Waals surface area (Å²) < 4.78 is 12.0. The monoisotopic (exact) mass is 393 g/mol. The highest BCUT2D eigenvalue weighted by Gasteiger charge is 2.10. The van der Waals surface area contributed by atoms with Crippen LogP contribution in [0.15, 0.2) is 48.5 Å². The van der Waals surface area contributed by atoms with E-state index in [0.717, 1.165) is 45.6 Å². The molecule has 0 saturated heterocycles. The molecule has 1 unspecified atom stereocenters. The van der Waals surface area contributed by atoms with Gasteiger partial charge in [-0.25, -0.2) is 4.98 Å². The van der Waals surface area contributed by atoms with Gasteiger partial charge in [0.2, 0.25) is 0 Å². The molecule has 1 N–H and O–H groups in total. The number of nitrogens with zero attached hydrogens (tertiary/aromatic N) is 1. The van der Waals surface area contributed by atoms with Crippen LogP contribution in [0.2, 0.25) is 0 Å². The van der Waals surface area contributed by atoms with Crippen LogP contribution in [0, 0.1) is 13.8 Å². The molecule has 0 spiro atoms. The molecule has 1 aromatic heterocycles. The number of benzene rings is 2. The lowest BCUT2D eigenvalue weighted by molar-refractivity contribution is -0.136. The number of carboxylic acids is 1. The van der Waals surface area contributed by atoms with Gasteiger partial charge in [0, 0.05) is 23.9 Å². The molecule has 0 fully saturated rings. The number of hydrogen-bond acceptors (Lipinski definition) is 4. The van der Waals surface area contributed by atoms with Gasteiger partial charge in [-0.2, -0.15) is 0 Å². The Labute approximate surface area is 171 Å². The van der Waals surface area contributed by atoms with E-state index in [1.807, 2.05) is 63.2 Å². The summed E-state index contributed by atoms with van der Waals surface area (Å²) in [6, 6.07) is 15.8. The van der Waals surface area contributed by atoms with E-state index in [1.54, 1.807) is 0 Å². The molecule has 0 aliphatic carbocycles. The van der Waals surface area contributed by atoms with Gasteiger partial charge in [0.15, 0.2) is 0 Å². The minimum Gasteiger partial charge on any atom is -0.493 e. The maximum atomic E-state index is 10.7. The van der Waals surface area contributed by atoms with Crippen LogP contribution >= 0.6 is 0 Å². The number of aromatic nitrogens is 1. The molecular formula is C24H27NO4. The summed E-state index contributed by atoms with van der Waals surface area (Å²) in [5, 5.41) is 9.89. The number of pyridine rings is 1. The van der Waals surface area contributed by atoms with E-state index >= 15 is 0 Å². The Morgan fingerprint density at radius 3 is 2.72 bits per heavy atom. The topological polar surface area (TPSA) is 68.7 Å². The quantitative estimate of drug-likeness (QED) is 0.547. The van der Waals surface area contributed by atoms with Gasteiger partial charge in [0.25, 0.3) is 0 Å². The second kappa shape index (κ2) is 9.41. The molecule has 152 valence electrons. The maximum Gasteiger partial charge on any atom is 0.303 e. The minimum absolute atomic E-state index is 0.0150. The van der Waals surface area contributed by atoms with E-state index in [4.69, 9.17) is 14.6 Å². The van der Waals surface area contributed by atoms with Crippen molar-refractivity contribution in [3.63, 3.8) is 0 Å². The smallest absolute Gasteiger partial charge is 0.303 e. The first kappa shape index (κ1) is 20.6. The molecule has 0 radical (unpaired) electrons. The van der Waals surface area contributed by atoms with Crippen molar-refractivity contribution >= 4 is 16.9 Å². The Morgan fingerprint density at radius 1 is 1.14 bits per heavy atom. The molecule has 2 aromatic carbocycles. The first-order chi connectivity index (χ1) is 13.9. The Hall–Kier alpha value is -3.08. The lowest BCUT2D eigenvalue weighted by atomic mass is 10.0. The van der Waals surface area contributed by atoms with Crippen LogP contribution < -0.4 is 9.47 Å². The third-order valence-electron chi connectivity index (χ3n) is 4.87. The zero-order valence-electron chi connectivity index (χ0n) is 17.1. The third-order valence-corrected chi connectivity index (χ3v) is 4.87. The summed E-state index contributed by atoms with van der Waals surface area (Å²) in [7, 11) is 0. The normalized spacial score (nSPS) is 12.0. The third kappa shape index (κ3) is 5.70. The fourth-order valence-electron chi connectivity index (χ4n) is 3.21. The Balaban J connectivity index is 1.54. The summed E-state index contributed by atoms with van der Waals surface area (Å²) in [6.07, 6.45) is 1.39. The van der Waals surface area contributed by atoms with Crippen LogP contribution in [0.25, 0.3) is 10.9 Å². The van der Waals surface area contributed by atoms with Crippen molar-refractivity contribution in [3.05, 3.63) is 65.4 Å². The van der Waals surface area contributed by atoms with Crippen molar-refractivity contribution in [1.82, 2.24) is 4.98 Å². The second-order valence-electron chi connectivity index (χ2n) is 7.33. The molecule has 1 atom stereocenters. The van der Waals surface area contributed by atoms with Crippen molar-refractivity contribution in [2.24, 2.45) is 0 Å². The minimum atomic E-state index is -0.782. The van der Waals surface area contributed by atoms with Gasteiger partial charge in [0.05, 0.1) is 12.7 Å². The molecule has 0 bridgehead atoms. The zero-order valence-corrected chi connectivity index (χ0v) is 17.1. The van der Waals surface area contributed by atoms with Crippen LogP contribution in [0.3, 0.4) is 0 Å². The van der Waals surface area contributed by atoms with Crippen molar-refractivity contribution in [1.29, 1.82) is 0 Å². The number of aryl methyl sites for hydroxylation is 3. The molecule has 3 aromatic rings. The molecule has 0 aliphatic heterocycles. The molecular weight excluding hydrogens is 366 g/mol. The molecule has 0 amide bonds. The van der Waals surface area contributed by atoms with Gasteiger partial charge in [-0.05, 0) is 62.6 Å². The molecule has 0 aliphatic rings. The van der Waals surface area contributed by atoms with Crippen molar-refractivity contribution in [2.45, 2.75) is 46.1 Å². The van der Waals surface area contributed by atoms with Gasteiger partial charge in [-0.3, -0.25) is 4.79 Å². The van der Waals surface area contributed by atoms with E-state index in [-0.39, 0.29) is 12.5 Å². The highest BCUT2D eigenvalue weighted by molar-refractivity contribution is 5.84. The van der Waals surface area contributed by atoms with E-state index in [9.17, 15) is 4.79 Å². The van der Waals surface area contributed by atoms with Gasteiger partial charge >= 0.3 is 5.97 Å². The fourth-order valence-corrected chi connectivity index (χ4v) is 3.21. The summed E-state index contributed by atoms with van der Waals surface area (Å²) >= 11 is 0. The molecule has 29 heavy (non-hydrogen) atoms. The fraction of sp³-hybridized carbons (Fsp3) is 0.333. The zero-order chi connectivity index (χ0) is 20.8. The van der Waals surface area contributed by atoms with Crippen molar-refractivity contribution in [3.8, 4) is 11.5 Å². The predicted octanol–water partition coefficient (Wildman–Crippen LogP) is 5.11. The van der Waals surface area contributed by atoms with Gasteiger partial charge in [0.1, 0.15) is 17.0 Å². The maximum absolute atomic E-state index is 10.7. The standard InChI is InChI=1S/C24H27NO4/c1-16-15-21(11-9-19(16)10-12-23(26)27)28-14-13-18(3)29-22-6-4-5-20-8-7-17(2)25-24(20)22/h4-9,11,15,18H,10,12-14H2,1-3H3,(H,26,27). The first-order valence-corrected chi connectivity index (χ1v) is 9.89. The van der Waals surface area contributed by atoms with E-state index < -0.39 is 5.97 Å². The highest BCUT2D eigenvalue weighted by Crippen LogP contribution is 2.25. The summed E-state index contributed by atoms with van der Waals surface area (Å²) in [4.78, 5) is 15.3. The summed E-state index contributed by atoms with van der Waals surface area (Å²) in [6.45, 7) is 6.51. The Morgan fingerprint density at radius 2 is 1.97 bits per heavy atom. The van der Waals surface area contributed by atoms with Crippen molar-refractivity contribution < 1.29 is 19.4 Å². The number of para-hydroxylation sites is 1. The average molecular weight is 393 g/mol. The number of ether oxygens (including phenoxy) is 2. The SMILES string of the molecule is Cc1ccc2cccc(OC(C)CCOc3ccc(CCC(=O)O)c(C)c3)c2n1. The van der Waals surface area contributed by atoms with Gasteiger partial charge in [-0.15, -0.1) is 0 Å². The number of carboxylic acid groups (broad SMARTS) is 1. The number of aliphatic carboxylic acids is 1. The summed E-state index contributed by atoms with van der Waals surface area (Å²) in [5.74, 6) is 0.795. The van der Waals surface area contributed by atoms with Crippen LogP contribution in [-0.4, -0.2) is 28.8 Å². The largest absolute Gasteiger partial charge is 0.493 e. The highest BCUT2D eigenvalue weighted by atomic mass is 16.5. The lowest BCUT2D eigenvalue weighted by Crippen LogP contribution is -2.16. The Bertz CT molecular complexity index is 999. The molecule has 5 nitrogen and oxygen atoms in total. The average Bonchev–Trinajstić information content (AvgIpc) is 2.67. The van der Waals surface area contributed by atoms with Crippen molar-refractivity contribution in [2.75, 3.05) is 6.61 Å². The van der Waals surface area contributed by atoms with Gasteiger partial charge in [-0.1, -0.05) is 24.3 Å². The van der Waals surface area contributed by atoms with Gasteiger partial charge < -0.3 is 14.6 Å². The molecule has 5 heteroatoms. The van der Waals surface area contributed by atoms with E-state index in [0.29, 0.717) is 13.0 Å². The molecule has 1 heterocycles. The number of fused-ring (bicyclic) bond motifs is 1. The predicted molar refractivity (Wildman–Crippen MR) is 114 cm³/mol. The summed E-state index contributed by atoms with van der Waals surface area (Å²) in [5.41, 5.74) is 3.93. The second-order valence-corrected chi connectivity index (χ2v) is 7.33. The number of rotatable bonds is 9.